The Morgan fingerprint density at radius 3 is 2.67 bits per heavy atom. The predicted octanol–water partition coefficient (Wildman–Crippen LogP) is -0.0659. The van der Waals surface area contributed by atoms with E-state index in [2.05, 4.69) is 5.32 Å². The van der Waals surface area contributed by atoms with Gasteiger partial charge in [0.15, 0.2) is 0 Å². The lowest BCUT2D eigenvalue weighted by Gasteiger charge is -2.26. The van der Waals surface area contributed by atoms with Crippen molar-refractivity contribution in [1.82, 2.24) is 10.2 Å². The predicted molar refractivity (Wildman–Crippen MR) is 66.3 cm³/mol. The second kappa shape index (κ2) is 7.33. The molecule has 6 nitrogen and oxygen atoms in total. The number of hydrogen-bond donors (Lipinski definition) is 2. The SMILES string of the molecule is CCNC1COCC1C(=O)N(CC)CCC(=O)O. The molecule has 0 spiro atoms. The Bertz CT molecular complexity index is 296. The summed E-state index contributed by atoms with van der Waals surface area (Å²) in [4.78, 5) is 24.4. The third kappa shape index (κ3) is 3.96. The van der Waals surface area contributed by atoms with Crippen molar-refractivity contribution in [2.75, 3.05) is 32.8 Å². The van der Waals surface area contributed by atoms with Crippen molar-refractivity contribution in [3.05, 3.63) is 0 Å². The molecule has 1 amide bonds. The maximum absolute atomic E-state index is 12.3. The Hall–Kier alpha value is -1.14. The third-order valence-corrected chi connectivity index (χ3v) is 3.15. The highest BCUT2D eigenvalue weighted by molar-refractivity contribution is 5.80. The minimum Gasteiger partial charge on any atom is -0.481 e. The molecule has 6 heteroatoms. The normalized spacial score (nSPS) is 23.0. The van der Waals surface area contributed by atoms with Crippen LogP contribution in [0.4, 0.5) is 0 Å². The van der Waals surface area contributed by atoms with Crippen LogP contribution in [-0.4, -0.2) is 60.8 Å². The lowest BCUT2D eigenvalue weighted by atomic mass is 10.0. The van der Waals surface area contributed by atoms with Gasteiger partial charge in [-0.05, 0) is 13.5 Å². The Labute approximate surface area is 107 Å². The highest BCUT2D eigenvalue weighted by atomic mass is 16.5. The van der Waals surface area contributed by atoms with Crippen LogP contribution >= 0.6 is 0 Å². The molecular formula is C12H22N2O4. The van der Waals surface area contributed by atoms with E-state index < -0.39 is 5.97 Å². The first-order chi connectivity index (χ1) is 8.60. The quantitative estimate of drug-likeness (QED) is 0.668. The van der Waals surface area contributed by atoms with Crippen molar-refractivity contribution in [2.45, 2.75) is 26.3 Å². The first kappa shape index (κ1) is 14.9. The zero-order valence-electron chi connectivity index (χ0n) is 11.0. The Balaban J connectivity index is 2.56. The van der Waals surface area contributed by atoms with Crippen molar-refractivity contribution in [3.8, 4) is 0 Å². The fourth-order valence-electron chi connectivity index (χ4n) is 2.15. The maximum Gasteiger partial charge on any atom is 0.305 e. The van der Waals surface area contributed by atoms with Gasteiger partial charge in [-0.2, -0.15) is 0 Å². The Kier molecular flexibility index (Phi) is 6.07. The van der Waals surface area contributed by atoms with Gasteiger partial charge in [-0.1, -0.05) is 6.92 Å². The third-order valence-electron chi connectivity index (χ3n) is 3.15. The summed E-state index contributed by atoms with van der Waals surface area (Å²) >= 11 is 0. The molecule has 1 fully saturated rings. The lowest BCUT2D eigenvalue weighted by molar-refractivity contribution is -0.139. The zero-order chi connectivity index (χ0) is 13.5. The van der Waals surface area contributed by atoms with Crippen molar-refractivity contribution in [3.63, 3.8) is 0 Å². The molecule has 1 rings (SSSR count). The average molecular weight is 258 g/mol. The molecule has 0 bridgehead atoms. The first-order valence-electron chi connectivity index (χ1n) is 6.41. The molecule has 2 unspecified atom stereocenters. The molecule has 0 aromatic rings. The zero-order valence-corrected chi connectivity index (χ0v) is 11.0. The van der Waals surface area contributed by atoms with E-state index in [1.54, 1.807) is 4.90 Å². The number of amides is 1. The number of ether oxygens (including phenoxy) is 1. The Morgan fingerprint density at radius 2 is 2.11 bits per heavy atom. The van der Waals surface area contributed by atoms with Crippen LogP contribution in [0.15, 0.2) is 0 Å². The molecule has 1 aliphatic rings. The van der Waals surface area contributed by atoms with Gasteiger partial charge in [0.1, 0.15) is 0 Å². The molecule has 1 aliphatic heterocycles. The van der Waals surface area contributed by atoms with E-state index >= 15 is 0 Å². The number of aliphatic carboxylic acids is 1. The maximum atomic E-state index is 12.3. The van der Waals surface area contributed by atoms with Crippen molar-refractivity contribution >= 4 is 11.9 Å². The van der Waals surface area contributed by atoms with E-state index in [1.165, 1.54) is 0 Å². The van der Waals surface area contributed by atoms with Gasteiger partial charge < -0.3 is 20.1 Å². The molecule has 0 aromatic carbocycles. The highest BCUT2D eigenvalue weighted by Gasteiger charge is 2.35. The number of hydrogen-bond acceptors (Lipinski definition) is 4. The second-order valence-electron chi connectivity index (χ2n) is 4.37. The molecule has 2 atom stereocenters. The molecule has 2 N–H and O–H groups in total. The summed E-state index contributed by atoms with van der Waals surface area (Å²) < 4.78 is 5.34. The molecule has 0 saturated carbocycles. The van der Waals surface area contributed by atoms with Crippen molar-refractivity contribution < 1.29 is 19.4 Å². The molecular weight excluding hydrogens is 236 g/mol. The monoisotopic (exact) mass is 258 g/mol. The van der Waals surface area contributed by atoms with Crippen LogP contribution < -0.4 is 5.32 Å². The van der Waals surface area contributed by atoms with E-state index in [1.807, 2.05) is 13.8 Å². The van der Waals surface area contributed by atoms with E-state index in [9.17, 15) is 9.59 Å². The number of carboxylic acids is 1. The molecule has 104 valence electrons. The molecule has 1 saturated heterocycles. The average Bonchev–Trinajstić information content (AvgIpc) is 2.78. The fourth-order valence-corrected chi connectivity index (χ4v) is 2.15. The minimum absolute atomic E-state index is 0.0119. The summed E-state index contributed by atoms with van der Waals surface area (Å²) in [6, 6.07) is 0.0429. The van der Waals surface area contributed by atoms with Gasteiger partial charge in [0.25, 0.3) is 0 Å². The fraction of sp³-hybridized carbons (Fsp3) is 0.833. The van der Waals surface area contributed by atoms with E-state index in [4.69, 9.17) is 9.84 Å². The minimum atomic E-state index is -0.882. The number of rotatable bonds is 7. The van der Waals surface area contributed by atoms with Gasteiger partial charge in [0.2, 0.25) is 5.91 Å². The second-order valence-corrected chi connectivity index (χ2v) is 4.37. The molecule has 0 radical (unpaired) electrons. The summed E-state index contributed by atoms with van der Waals surface area (Å²) in [5.74, 6) is -1.09. The summed E-state index contributed by atoms with van der Waals surface area (Å²) in [5.41, 5.74) is 0. The van der Waals surface area contributed by atoms with E-state index in [0.717, 1.165) is 6.54 Å². The van der Waals surface area contributed by atoms with Crippen LogP contribution in [0.25, 0.3) is 0 Å². The number of likely N-dealkylation sites (N-methyl/N-ethyl adjacent to an activating group) is 1. The number of nitrogens with one attached hydrogen (secondary N) is 1. The summed E-state index contributed by atoms with van der Waals surface area (Å²) in [6.07, 6.45) is -0.0149. The van der Waals surface area contributed by atoms with Crippen molar-refractivity contribution in [2.24, 2.45) is 5.92 Å². The van der Waals surface area contributed by atoms with Crippen LogP contribution in [-0.2, 0) is 14.3 Å². The van der Waals surface area contributed by atoms with Gasteiger partial charge in [-0.15, -0.1) is 0 Å². The number of carbonyl (C=O) groups excluding carboxylic acids is 1. The lowest BCUT2D eigenvalue weighted by Crippen LogP contribution is -2.46. The smallest absolute Gasteiger partial charge is 0.305 e. The largest absolute Gasteiger partial charge is 0.481 e. The van der Waals surface area contributed by atoms with Crippen LogP contribution in [0.3, 0.4) is 0 Å². The number of carboxylic acid groups (broad SMARTS) is 1. The van der Waals surface area contributed by atoms with Gasteiger partial charge >= 0.3 is 5.97 Å². The summed E-state index contributed by atoms with van der Waals surface area (Å²) in [7, 11) is 0. The van der Waals surface area contributed by atoms with E-state index in [0.29, 0.717) is 19.8 Å². The Morgan fingerprint density at radius 1 is 1.39 bits per heavy atom. The highest BCUT2D eigenvalue weighted by Crippen LogP contribution is 2.17. The number of carbonyl (C=O) groups is 2. The molecule has 18 heavy (non-hydrogen) atoms. The molecule has 0 aliphatic carbocycles. The summed E-state index contributed by atoms with van der Waals surface area (Å²) in [5, 5.41) is 11.9. The van der Waals surface area contributed by atoms with E-state index in [-0.39, 0.29) is 30.8 Å². The van der Waals surface area contributed by atoms with Gasteiger partial charge in [-0.3, -0.25) is 9.59 Å². The number of nitrogens with zero attached hydrogens (tertiary/aromatic N) is 1. The van der Waals surface area contributed by atoms with Gasteiger partial charge in [0, 0.05) is 19.1 Å². The van der Waals surface area contributed by atoms with Crippen LogP contribution in [0.5, 0.6) is 0 Å². The van der Waals surface area contributed by atoms with Crippen molar-refractivity contribution in [1.29, 1.82) is 0 Å². The topological polar surface area (TPSA) is 78.9 Å². The van der Waals surface area contributed by atoms with Crippen LogP contribution in [0, 0.1) is 5.92 Å². The van der Waals surface area contributed by atoms with Crippen LogP contribution in [0.1, 0.15) is 20.3 Å². The molecule has 1 heterocycles. The van der Waals surface area contributed by atoms with Gasteiger partial charge in [0.05, 0.1) is 25.6 Å². The first-order valence-corrected chi connectivity index (χ1v) is 6.41. The van der Waals surface area contributed by atoms with Crippen LogP contribution in [0.2, 0.25) is 0 Å². The van der Waals surface area contributed by atoms with Gasteiger partial charge in [-0.25, -0.2) is 0 Å². The molecule has 0 aromatic heterocycles. The summed E-state index contributed by atoms with van der Waals surface area (Å²) in [6.45, 7) is 6.39. The standard InChI is InChI=1S/C12H22N2O4/c1-3-13-10-8-18-7-9(10)12(17)14(4-2)6-5-11(15)16/h9-10,13H,3-8H2,1-2H3,(H,15,16).